The van der Waals surface area contributed by atoms with Crippen molar-refractivity contribution in [2.75, 3.05) is 0 Å². The minimum atomic E-state index is -2.75. The molecule has 0 aliphatic rings. The van der Waals surface area contributed by atoms with Crippen molar-refractivity contribution >= 4 is 17.6 Å². The van der Waals surface area contributed by atoms with Gasteiger partial charge in [-0.3, -0.25) is 0 Å². The zero-order valence-electron chi connectivity index (χ0n) is 7.09. The number of carboxylic acids is 1. The Morgan fingerprint density at radius 2 is 2.21 bits per heavy atom. The van der Waals surface area contributed by atoms with E-state index in [1.807, 2.05) is 0 Å². The van der Waals surface area contributed by atoms with Gasteiger partial charge in [0.05, 0.1) is 10.6 Å². The summed E-state index contributed by atoms with van der Waals surface area (Å²) in [7, 11) is 0. The Morgan fingerprint density at radius 3 is 2.64 bits per heavy atom. The number of rotatable bonds is 2. The van der Waals surface area contributed by atoms with Crippen LogP contribution in [0.4, 0.5) is 8.78 Å². The van der Waals surface area contributed by atoms with E-state index in [2.05, 4.69) is 4.98 Å². The largest absolute Gasteiger partial charge is 0.477 e. The molecule has 6 heteroatoms. The van der Waals surface area contributed by atoms with Crippen LogP contribution < -0.4 is 0 Å². The Balaban J connectivity index is 3.33. The van der Waals surface area contributed by atoms with Gasteiger partial charge in [-0.25, -0.2) is 18.6 Å². The van der Waals surface area contributed by atoms with Crippen LogP contribution in [0.15, 0.2) is 6.20 Å². The Labute approximate surface area is 83.3 Å². The molecule has 0 radical (unpaired) electrons. The van der Waals surface area contributed by atoms with Gasteiger partial charge in [0.25, 0.3) is 6.43 Å². The first-order chi connectivity index (χ1) is 6.45. The van der Waals surface area contributed by atoms with E-state index in [1.165, 1.54) is 6.92 Å². The van der Waals surface area contributed by atoms with E-state index in [0.717, 1.165) is 6.20 Å². The molecule has 0 aliphatic carbocycles. The number of halogens is 3. The lowest BCUT2D eigenvalue weighted by Gasteiger charge is -2.07. The molecule has 0 amide bonds. The number of nitrogens with zero attached hydrogens (tertiary/aromatic N) is 1. The summed E-state index contributed by atoms with van der Waals surface area (Å²) in [6, 6.07) is 0. The van der Waals surface area contributed by atoms with Crippen LogP contribution in [-0.2, 0) is 0 Å². The number of pyridine rings is 1. The Kier molecular flexibility index (Phi) is 3.00. The van der Waals surface area contributed by atoms with Crippen LogP contribution in [0.25, 0.3) is 0 Å². The average Bonchev–Trinajstić information content (AvgIpc) is 2.08. The van der Waals surface area contributed by atoms with E-state index >= 15 is 0 Å². The first-order valence-corrected chi connectivity index (χ1v) is 3.99. The van der Waals surface area contributed by atoms with Crippen molar-refractivity contribution < 1.29 is 18.7 Å². The molecule has 0 atom stereocenters. The van der Waals surface area contributed by atoms with Crippen molar-refractivity contribution in [3.05, 3.63) is 28.0 Å². The van der Waals surface area contributed by atoms with Crippen molar-refractivity contribution in [3.8, 4) is 0 Å². The summed E-state index contributed by atoms with van der Waals surface area (Å²) < 4.78 is 24.5. The monoisotopic (exact) mass is 221 g/mol. The van der Waals surface area contributed by atoms with Crippen LogP contribution in [0.1, 0.15) is 28.0 Å². The standard InChI is InChI=1S/C8H6ClF2NO2/c1-3-5(9)4(7(10)11)2-12-6(3)8(13)14/h2,7H,1H3,(H,13,14). The first-order valence-electron chi connectivity index (χ1n) is 3.61. The number of alkyl halides is 2. The zero-order chi connectivity index (χ0) is 10.9. The lowest BCUT2D eigenvalue weighted by atomic mass is 10.1. The van der Waals surface area contributed by atoms with Crippen LogP contribution >= 0.6 is 11.6 Å². The van der Waals surface area contributed by atoms with Gasteiger partial charge in [0.2, 0.25) is 0 Å². The van der Waals surface area contributed by atoms with Gasteiger partial charge in [0.15, 0.2) is 5.69 Å². The molecule has 1 aromatic heterocycles. The zero-order valence-corrected chi connectivity index (χ0v) is 7.85. The maximum atomic E-state index is 12.3. The summed E-state index contributed by atoms with van der Waals surface area (Å²) in [4.78, 5) is 13.9. The van der Waals surface area contributed by atoms with Crippen molar-refractivity contribution in [2.24, 2.45) is 0 Å². The van der Waals surface area contributed by atoms with E-state index in [-0.39, 0.29) is 16.3 Å². The third-order valence-corrected chi connectivity index (χ3v) is 2.21. The number of hydrogen-bond acceptors (Lipinski definition) is 2. The molecule has 0 saturated heterocycles. The molecule has 14 heavy (non-hydrogen) atoms. The van der Waals surface area contributed by atoms with E-state index in [4.69, 9.17) is 16.7 Å². The molecule has 3 nitrogen and oxygen atoms in total. The minimum absolute atomic E-state index is 0.0527. The van der Waals surface area contributed by atoms with Gasteiger partial charge in [0, 0.05) is 11.8 Å². The van der Waals surface area contributed by atoms with Crippen molar-refractivity contribution in [1.82, 2.24) is 4.98 Å². The topological polar surface area (TPSA) is 50.2 Å². The lowest BCUT2D eigenvalue weighted by Crippen LogP contribution is -2.05. The molecule has 76 valence electrons. The summed E-state index contributed by atoms with van der Waals surface area (Å²) in [5.74, 6) is -1.29. The summed E-state index contributed by atoms with van der Waals surface area (Å²) >= 11 is 5.55. The maximum absolute atomic E-state index is 12.3. The summed E-state index contributed by atoms with van der Waals surface area (Å²) in [5, 5.41) is 8.37. The van der Waals surface area contributed by atoms with E-state index in [9.17, 15) is 13.6 Å². The smallest absolute Gasteiger partial charge is 0.354 e. The number of carbonyl (C=O) groups is 1. The second kappa shape index (κ2) is 3.88. The normalized spacial score (nSPS) is 10.6. The highest BCUT2D eigenvalue weighted by atomic mass is 35.5. The van der Waals surface area contributed by atoms with E-state index < -0.39 is 18.0 Å². The van der Waals surface area contributed by atoms with E-state index in [1.54, 1.807) is 0 Å². The Hall–Kier alpha value is -1.23. The lowest BCUT2D eigenvalue weighted by molar-refractivity contribution is 0.0689. The summed E-state index contributed by atoms with van der Waals surface area (Å²) in [6.07, 6.45) is -1.97. The fourth-order valence-corrected chi connectivity index (χ4v) is 1.20. The molecule has 0 bridgehead atoms. The molecule has 0 spiro atoms. The van der Waals surface area contributed by atoms with Gasteiger partial charge >= 0.3 is 5.97 Å². The number of carboxylic acid groups (broad SMARTS) is 1. The molecular formula is C8H6ClF2NO2. The third kappa shape index (κ3) is 1.82. The van der Waals surface area contributed by atoms with Gasteiger partial charge in [-0.1, -0.05) is 11.6 Å². The van der Waals surface area contributed by atoms with Crippen molar-refractivity contribution in [3.63, 3.8) is 0 Å². The molecule has 0 fully saturated rings. The van der Waals surface area contributed by atoms with Crippen molar-refractivity contribution in [1.29, 1.82) is 0 Å². The summed E-state index contributed by atoms with van der Waals surface area (Å²) in [6.45, 7) is 1.34. The fraction of sp³-hybridized carbons (Fsp3) is 0.250. The van der Waals surface area contributed by atoms with Crippen LogP contribution in [0, 0.1) is 6.92 Å². The van der Waals surface area contributed by atoms with Crippen LogP contribution in [-0.4, -0.2) is 16.1 Å². The second-order valence-corrected chi connectivity index (χ2v) is 2.98. The third-order valence-electron chi connectivity index (χ3n) is 1.71. The Bertz CT molecular complexity index is 382. The molecule has 1 aromatic rings. The van der Waals surface area contributed by atoms with Crippen LogP contribution in [0.2, 0.25) is 5.02 Å². The first kappa shape index (κ1) is 10.8. The molecule has 1 rings (SSSR count). The van der Waals surface area contributed by atoms with Gasteiger partial charge in [-0.15, -0.1) is 0 Å². The van der Waals surface area contributed by atoms with E-state index in [0.29, 0.717) is 0 Å². The van der Waals surface area contributed by atoms with Gasteiger partial charge < -0.3 is 5.11 Å². The predicted octanol–water partition coefficient (Wildman–Crippen LogP) is 2.68. The molecule has 1 heterocycles. The fourth-order valence-electron chi connectivity index (χ4n) is 0.976. The molecule has 0 saturated carbocycles. The molecule has 0 unspecified atom stereocenters. The van der Waals surface area contributed by atoms with Gasteiger partial charge in [-0.2, -0.15) is 0 Å². The second-order valence-electron chi connectivity index (χ2n) is 2.61. The number of aromatic carboxylic acids is 1. The average molecular weight is 222 g/mol. The highest BCUT2D eigenvalue weighted by Crippen LogP contribution is 2.29. The summed E-state index contributed by atoms with van der Waals surface area (Å²) in [5.41, 5.74) is -0.703. The minimum Gasteiger partial charge on any atom is -0.477 e. The quantitative estimate of drug-likeness (QED) is 0.835. The van der Waals surface area contributed by atoms with Crippen LogP contribution in [0.3, 0.4) is 0 Å². The Morgan fingerprint density at radius 1 is 1.64 bits per heavy atom. The number of aromatic nitrogens is 1. The molecule has 0 aliphatic heterocycles. The molecular weight excluding hydrogens is 216 g/mol. The number of hydrogen-bond donors (Lipinski definition) is 1. The molecule has 0 aromatic carbocycles. The van der Waals surface area contributed by atoms with Crippen molar-refractivity contribution in [2.45, 2.75) is 13.3 Å². The predicted molar refractivity (Wildman–Crippen MR) is 45.9 cm³/mol. The highest BCUT2D eigenvalue weighted by Gasteiger charge is 2.19. The molecule has 1 N–H and O–H groups in total. The van der Waals surface area contributed by atoms with Gasteiger partial charge in [-0.05, 0) is 6.92 Å². The highest BCUT2D eigenvalue weighted by molar-refractivity contribution is 6.32. The van der Waals surface area contributed by atoms with Gasteiger partial charge in [0.1, 0.15) is 0 Å². The SMILES string of the molecule is Cc1c(C(=O)O)ncc(C(F)F)c1Cl. The maximum Gasteiger partial charge on any atom is 0.354 e. The van der Waals surface area contributed by atoms with Crippen LogP contribution in [0.5, 0.6) is 0 Å².